The van der Waals surface area contributed by atoms with Crippen LogP contribution in [0.3, 0.4) is 0 Å². The zero-order valence-electron chi connectivity index (χ0n) is 10.6. The van der Waals surface area contributed by atoms with Crippen LogP contribution in [0.1, 0.15) is 17.5 Å². The molecule has 0 bridgehead atoms. The standard InChI is InChI=1S/C14H18FN3/c1-11-7-14(15)4-3-13(11)10-18-9-12(5-6-16)8-17-2/h3-4,7-9H,2,5-6,10,16H2,1H3/b12-8-,18-9?. The Hall–Kier alpha value is -1.81. The summed E-state index contributed by atoms with van der Waals surface area (Å²) < 4.78 is 12.9. The Morgan fingerprint density at radius 3 is 2.89 bits per heavy atom. The Balaban J connectivity index is 2.68. The molecular weight excluding hydrogens is 229 g/mol. The summed E-state index contributed by atoms with van der Waals surface area (Å²) in [5.74, 6) is -0.222. The maximum Gasteiger partial charge on any atom is 0.123 e. The van der Waals surface area contributed by atoms with Gasteiger partial charge in [0.2, 0.25) is 0 Å². The average Bonchev–Trinajstić information content (AvgIpc) is 2.32. The van der Waals surface area contributed by atoms with Crippen LogP contribution in [-0.2, 0) is 6.54 Å². The van der Waals surface area contributed by atoms with Crippen molar-refractivity contribution in [2.75, 3.05) is 6.54 Å². The lowest BCUT2D eigenvalue weighted by Crippen LogP contribution is -2.01. The number of benzene rings is 1. The zero-order chi connectivity index (χ0) is 13.4. The number of halogens is 1. The molecule has 0 aliphatic heterocycles. The Bertz CT molecular complexity index is 464. The molecule has 0 saturated heterocycles. The molecule has 0 atom stereocenters. The Kier molecular flexibility index (Phi) is 5.94. The molecule has 0 aliphatic carbocycles. The molecule has 0 radical (unpaired) electrons. The third-order valence-electron chi connectivity index (χ3n) is 2.51. The highest BCUT2D eigenvalue weighted by molar-refractivity contribution is 5.78. The second-order valence-corrected chi connectivity index (χ2v) is 3.97. The summed E-state index contributed by atoms with van der Waals surface area (Å²) in [5.41, 5.74) is 8.32. The molecule has 0 aliphatic rings. The van der Waals surface area contributed by atoms with Crippen LogP contribution >= 0.6 is 0 Å². The van der Waals surface area contributed by atoms with Gasteiger partial charge in [-0.2, -0.15) is 0 Å². The summed E-state index contributed by atoms with van der Waals surface area (Å²) in [6, 6.07) is 4.70. The van der Waals surface area contributed by atoms with Crippen LogP contribution in [0.4, 0.5) is 4.39 Å². The van der Waals surface area contributed by atoms with Crippen molar-refractivity contribution in [3.8, 4) is 0 Å². The topological polar surface area (TPSA) is 50.7 Å². The highest BCUT2D eigenvalue weighted by Crippen LogP contribution is 2.11. The maximum absolute atomic E-state index is 12.9. The summed E-state index contributed by atoms with van der Waals surface area (Å²) >= 11 is 0. The fraction of sp³-hybridized carbons (Fsp3) is 0.286. The van der Waals surface area contributed by atoms with Crippen LogP contribution in [-0.4, -0.2) is 19.5 Å². The van der Waals surface area contributed by atoms with Gasteiger partial charge in [0, 0.05) is 12.4 Å². The van der Waals surface area contributed by atoms with E-state index in [0.717, 1.165) is 16.7 Å². The molecule has 18 heavy (non-hydrogen) atoms. The smallest absolute Gasteiger partial charge is 0.123 e. The van der Waals surface area contributed by atoms with Crippen molar-refractivity contribution in [1.82, 2.24) is 0 Å². The lowest BCUT2D eigenvalue weighted by atomic mass is 10.1. The lowest BCUT2D eigenvalue weighted by molar-refractivity contribution is 0.625. The van der Waals surface area contributed by atoms with E-state index in [4.69, 9.17) is 5.73 Å². The summed E-state index contributed by atoms with van der Waals surface area (Å²) in [4.78, 5) is 8.01. The molecule has 0 saturated carbocycles. The normalized spacial score (nSPS) is 12.1. The van der Waals surface area contributed by atoms with Crippen molar-refractivity contribution >= 4 is 12.9 Å². The second-order valence-electron chi connectivity index (χ2n) is 3.97. The molecule has 3 nitrogen and oxygen atoms in total. The number of nitrogens with zero attached hydrogens (tertiary/aromatic N) is 2. The van der Waals surface area contributed by atoms with Gasteiger partial charge >= 0.3 is 0 Å². The quantitative estimate of drug-likeness (QED) is 0.772. The third kappa shape index (κ3) is 4.59. The molecule has 4 heteroatoms. The molecular formula is C14H18FN3. The average molecular weight is 247 g/mol. The zero-order valence-corrected chi connectivity index (χ0v) is 10.6. The fourth-order valence-corrected chi connectivity index (χ4v) is 1.54. The van der Waals surface area contributed by atoms with Gasteiger partial charge in [-0.1, -0.05) is 6.07 Å². The van der Waals surface area contributed by atoms with Gasteiger partial charge in [-0.25, -0.2) is 4.39 Å². The minimum atomic E-state index is -0.222. The molecule has 1 aromatic carbocycles. The predicted octanol–water partition coefficient (Wildman–Crippen LogP) is 2.64. The van der Waals surface area contributed by atoms with Gasteiger partial charge in [-0.05, 0) is 55.4 Å². The largest absolute Gasteiger partial charge is 0.330 e. The van der Waals surface area contributed by atoms with Crippen molar-refractivity contribution in [3.05, 3.63) is 46.9 Å². The van der Waals surface area contributed by atoms with E-state index < -0.39 is 0 Å². The van der Waals surface area contributed by atoms with Gasteiger partial charge in [-0.3, -0.25) is 9.98 Å². The molecule has 0 aromatic heterocycles. The first kappa shape index (κ1) is 14.3. The molecule has 0 unspecified atom stereocenters. The second kappa shape index (κ2) is 7.50. The molecule has 96 valence electrons. The number of hydrogen-bond acceptors (Lipinski definition) is 3. The van der Waals surface area contributed by atoms with Gasteiger partial charge < -0.3 is 5.73 Å². The molecule has 1 rings (SSSR count). The summed E-state index contributed by atoms with van der Waals surface area (Å²) in [6.45, 7) is 6.34. The maximum atomic E-state index is 12.9. The van der Waals surface area contributed by atoms with Crippen LogP contribution in [0.25, 0.3) is 0 Å². The lowest BCUT2D eigenvalue weighted by Gasteiger charge is -2.02. The highest BCUT2D eigenvalue weighted by atomic mass is 19.1. The van der Waals surface area contributed by atoms with E-state index in [2.05, 4.69) is 16.7 Å². The molecule has 0 amide bonds. The third-order valence-corrected chi connectivity index (χ3v) is 2.51. The van der Waals surface area contributed by atoms with E-state index >= 15 is 0 Å². The first-order chi connectivity index (χ1) is 8.67. The van der Waals surface area contributed by atoms with Crippen LogP contribution in [0.2, 0.25) is 0 Å². The van der Waals surface area contributed by atoms with Gasteiger partial charge in [0.15, 0.2) is 0 Å². The van der Waals surface area contributed by atoms with Crippen molar-refractivity contribution in [1.29, 1.82) is 0 Å². The Morgan fingerprint density at radius 2 is 2.28 bits per heavy atom. The number of hydrogen-bond donors (Lipinski definition) is 1. The van der Waals surface area contributed by atoms with Crippen LogP contribution in [0, 0.1) is 12.7 Å². The SMILES string of the molecule is C=N/C=C(\C=NCc1ccc(F)cc1C)CCN. The van der Waals surface area contributed by atoms with Gasteiger partial charge in [-0.15, -0.1) is 0 Å². The number of aryl methyl sites for hydroxylation is 1. The van der Waals surface area contributed by atoms with Crippen LogP contribution in [0.15, 0.2) is 40.0 Å². The van der Waals surface area contributed by atoms with E-state index in [9.17, 15) is 4.39 Å². The highest BCUT2D eigenvalue weighted by Gasteiger charge is 1.98. The summed E-state index contributed by atoms with van der Waals surface area (Å²) in [5, 5.41) is 0. The van der Waals surface area contributed by atoms with E-state index in [0.29, 0.717) is 19.5 Å². The molecule has 1 aromatic rings. The minimum Gasteiger partial charge on any atom is -0.330 e. The Morgan fingerprint density at radius 1 is 1.50 bits per heavy atom. The van der Waals surface area contributed by atoms with Crippen LogP contribution < -0.4 is 5.73 Å². The fourth-order valence-electron chi connectivity index (χ4n) is 1.54. The van der Waals surface area contributed by atoms with E-state index in [1.165, 1.54) is 12.1 Å². The van der Waals surface area contributed by atoms with E-state index in [1.807, 2.05) is 6.92 Å². The molecule has 2 N–H and O–H groups in total. The first-order valence-corrected chi connectivity index (χ1v) is 5.77. The van der Waals surface area contributed by atoms with Crippen molar-refractivity contribution in [2.45, 2.75) is 19.9 Å². The summed E-state index contributed by atoms with van der Waals surface area (Å²) in [6.07, 6.45) is 4.10. The molecule has 0 spiro atoms. The number of rotatable bonds is 6. The Labute approximate surface area is 107 Å². The number of aliphatic imine (C=N–C) groups is 2. The van der Waals surface area contributed by atoms with E-state index in [1.54, 1.807) is 18.5 Å². The molecule has 0 heterocycles. The summed E-state index contributed by atoms with van der Waals surface area (Å²) in [7, 11) is 0. The van der Waals surface area contributed by atoms with Crippen molar-refractivity contribution in [2.24, 2.45) is 15.7 Å². The van der Waals surface area contributed by atoms with Gasteiger partial charge in [0.1, 0.15) is 5.82 Å². The van der Waals surface area contributed by atoms with Crippen LogP contribution in [0.5, 0.6) is 0 Å². The van der Waals surface area contributed by atoms with E-state index in [-0.39, 0.29) is 5.82 Å². The first-order valence-electron chi connectivity index (χ1n) is 5.77. The minimum absolute atomic E-state index is 0.222. The molecule has 0 fully saturated rings. The monoisotopic (exact) mass is 247 g/mol. The van der Waals surface area contributed by atoms with Gasteiger partial charge in [0.05, 0.1) is 6.54 Å². The van der Waals surface area contributed by atoms with Gasteiger partial charge in [0.25, 0.3) is 0 Å². The van der Waals surface area contributed by atoms with Crippen molar-refractivity contribution in [3.63, 3.8) is 0 Å². The van der Waals surface area contributed by atoms with Crippen molar-refractivity contribution < 1.29 is 4.39 Å². The number of nitrogens with two attached hydrogens (primary N) is 1. The predicted molar refractivity (Wildman–Crippen MR) is 74.6 cm³/mol.